The molecule has 156 valence electrons. The van der Waals surface area contributed by atoms with E-state index in [2.05, 4.69) is 30.3 Å². The minimum absolute atomic E-state index is 0.0248. The number of rotatable bonds is 4. The monoisotopic (exact) mass is 413 g/mol. The summed E-state index contributed by atoms with van der Waals surface area (Å²) in [4.78, 5) is 25.9. The molecule has 1 aliphatic heterocycles. The van der Waals surface area contributed by atoms with Gasteiger partial charge in [0.15, 0.2) is 0 Å². The highest BCUT2D eigenvalue weighted by molar-refractivity contribution is 5.90. The zero-order chi connectivity index (χ0) is 21.5. The Morgan fingerprint density at radius 3 is 2.26 bits per heavy atom. The van der Waals surface area contributed by atoms with Crippen LogP contribution < -0.4 is 4.90 Å². The average Bonchev–Trinajstić information content (AvgIpc) is 3.13. The summed E-state index contributed by atoms with van der Waals surface area (Å²) in [5.41, 5.74) is 6.44. The lowest BCUT2D eigenvalue weighted by Crippen LogP contribution is -2.53. The van der Waals surface area contributed by atoms with Crippen LogP contribution in [0.4, 0.5) is 5.69 Å². The van der Waals surface area contributed by atoms with E-state index in [-0.39, 0.29) is 5.92 Å². The van der Waals surface area contributed by atoms with Gasteiger partial charge in [0.25, 0.3) is 0 Å². The molecule has 3 aromatic carbocycles. The van der Waals surface area contributed by atoms with Crippen molar-refractivity contribution in [1.82, 2.24) is 0 Å². The smallest absolute Gasteiger partial charge is 0.327 e. The first-order valence-electron chi connectivity index (χ1n) is 10.6. The number of benzene rings is 3. The van der Waals surface area contributed by atoms with Gasteiger partial charge in [-0.3, -0.25) is 4.79 Å². The SMILES string of the molecule is O=C(O)[C@H]1CCCN(c2cccc3c2C(c2ccccc2)c2ccccc2-3)[C@H]1C(=O)O. The molecule has 5 rings (SSSR count). The van der Waals surface area contributed by atoms with Crippen LogP contribution in [0.3, 0.4) is 0 Å². The predicted octanol–water partition coefficient (Wildman–Crippen LogP) is 4.60. The van der Waals surface area contributed by atoms with Gasteiger partial charge in [0, 0.05) is 18.2 Å². The van der Waals surface area contributed by atoms with Crippen molar-refractivity contribution in [2.45, 2.75) is 24.8 Å². The van der Waals surface area contributed by atoms with Crippen LogP contribution >= 0.6 is 0 Å². The predicted molar refractivity (Wildman–Crippen MR) is 118 cm³/mol. The molecule has 1 saturated heterocycles. The highest BCUT2D eigenvalue weighted by atomic mass is 16.4. The fraction of sp³-hybridized carbons (Fsp3) is 0.231. The van der Waals surface area contributed by atoms with Crippen LogP contribution in [0.15, 0.2) is 72.8 Å². The van der Waals surface area contributed by atoms with Crippen molar-refractivity contribution in [2.24, 2.45) is 5.92 Å². The van der Waals surface area contributed by atoms with E-state index >= 15 is 0 Å². The standard InChI is InChI=1S/C26H23NO4/c28-25(29)20-13-7-15-27(24(20)26(30)31)21-14-6-12-19-17-10-4-5-11-18(17)22(23(19)21)16-8-2-1-3-9-16/h1-6,8-12,14,20,22,24H,7,13,15H2,(H,28,29)(H,30,31)/t20-,22?,24+/m0/s1. The summed E-state index contributed by atoms with van der Waals surface area (Å²) in [6, 6.07) is 23.4. The van der Waals surface area contributed by atoms with Gasteiger partial charge in [0.2, 0.25) is 0 Å². The molecule has 5 nitrogen and oxygen atoms in total. The molecule has 1 aliphatic carbocycles. The summed E-state index contributed by atoms with van der Waals surface area (Å²) in [6.07, 6.45) is 1.02. The number of hydrogen-bond donors (Lipinski definition) is 2. The van der Waals surface area contributed by atoms with Gasteiger partial charge in [-0.15, -0.1) is 0 Å². The van der Waals surface area contributed by atoms with Crippen molar-refractivity contribution in [3.8, 4) is 11.1 Å². The molecule has 31 heavy (non-hydrogen) atoms. The van der Waals surface area contributed by atoms with Crippen molar-refractivity contribution < 1.29 is 19.8 Å². The first-order chi connectivity index (χ1) is 15.1. The summed E-state index contributed by atoms with van der Waals surface area (Å²) in [6.45, 7) is 0.523. The molecular weight excluding hydrogens is 390 g/mol. The minimum atomic E-state index is -1.09. The minimum Gasteiger partial charge on any atom is -0.481 e. The summed E-state index contributed by atoms with van der Waals surface area (Å²) in [5, 5.41) is 19.7. The zero-order valence-electron chi connectivity index (χ0n) is 16.9. The van der Waals surface area contributed by atoms with E-state index in [1.807, 2.05) is 47.4 Å². The van der Waals surface area contributed by atoms with Crippen molar-refractivity contribution in [3.63, 3.8) is 0 Å². The largest absolute Gasteiger partial charge is 0.481 e. The molecule has 3 atom stereocenters. The number of carbonyl (C=O) groups is 2. The number of anilines is 1. The number of carboxylic acids is 2. The van der Waals surface area contributed by atoms with Crippen LogP contribution in [0.5, 0.6) is 0 Å². The van der Waals surface area contributed by atoms with Crippen LogP contribution in [0.1, 0.15) is 35.4 Å². The van der Waals surface area contributed by atoms with E-state index < -0.39 is 23.9 Å². The van der Waals surface area contributed by atoms with Crippen LogP contribution in [-0.4, -0.2) is 34.7 Å². The second-order valence-corrected chi connectivity index (χ2v) is 8.23. The first-order valence-corrected chi connectivity index (χ1v) is 10.6. The van der Waals surface area contributed by atoms with E-state index in [9.17, 15) is 19.8 Å². The van der Waals surface area contributed by atoms with Crippen molar-refractivity contribution in [3.05, 3.63) is 89.5 Å². The summed E-state index contributed by atoms with van der Waals surface area (Å²) >= 11 is 0. The Labute approximate surface area is 180 Å². The fourth-order valence-corrected chi connectivity index (χ4v) is 5.31. The van der Waals surface area contributed by atoms with Gasteiger partial charge < -0.3 is 15.1 Å². The molecule has 0 spiro atoms. The molecule has 2 N–H and O–H groups in total. The molecule has 3 aromatic rings. The third-order valence-electron chi connectivity index (χ3n) is 6.58. The van der Waals surface area contributed by atoms with Crippen molar-refractivity contribution >= 4 is 17.6 Å². The quantitative estimate of drug-likeness (QED) is 0.511. The number of nitrogens with zero attached hydrogens (tertiary/aromatic N) is 1. The second-order valence-electron chi connectivity index (χ2n) is 8.23. The third kappa shape index (κ3) is 3.08. The van der Waals surface area contributed by atoms with Crippen LogP contribution in [0.2, 0.25) is 0 Å². The van der Waals surface area contributed by atoms with Gasteiger partial charge in [-0.05, 0) is 46.7 Å². The Bertz CT molecular complexity index is 1160. The fourth-order valence-electron chi connectivity index (χ4n) is 5.31. The molecule has 1 fully saturated rings. The van der Waals surface area contributed by atoms with Crippen LogP contribution in [0, 0.1) is 5.92 Å². The van der Waals surface area contributed by atoms with Crippen LogP contribution in [0.25, 0.3) is 11.1 Å². The second kappa shape index (κ2) is 7.58. The van der Waals surface area contributed by atoms with Crippen molar-refractivity contribution in [1.29, 1.82) is 0 Å². The number of carboxylic acid groups (broad SMARTS) is 2. The van der Waals surface area contributed by atoms with Crippen molar-refractivity contribution in [2.75, 3.05) is 11.4 Å². The number of fused-ring (bicyclic) bond motifs is 3. The van der Waals surface area contributed by atoms with Gasteiger partial charge in [-0.2, -0.15) is 0 Å². The number of aliphatic carboxylic acids is 2. The molecule has 0 bridgehead atoms. The van der Waals surface area contributed by atoms with E-state index in [1.165, 1.54) is 5.56 Å². The Morgan fingerprint density at radius 1 is 0.806 bits per heavy atom. The maximum Gasteiger partial charge on any atom is 0.327 e. The molecule has 0 saturated carbocycles. The van der Waals surface area contributed by atoms with Crippen LogP contribution in [-0.2, 0) is 9.59 Å². The first kappa shape index (κ1) is 19.4. The molecule has 0 amide bonds. The Balaban J connectivity index is 1.72. The molecular formula is C26H23NO4. The van der Waals surface area contributed by atoms with E-state index in [0.29, 0.717) is 19.4 Å². The normalized spacial score (nSPS) is 21.9. The third-order valence-corrected chi connectivity index (χ3v) is 6.58. The molecule has 5 heteroatoms. The van der Waals surface area contributed by atoms with Gasteiger partial charge in [0.1, 0.15) is 6.04 Å². The van der Waals surface area contributed by atoms with E-state index in [0.717, 1.165) is 27.9 Å². The summed E-state index contributed by atoms with van der Waals surface area (Å²) in [5.74, 6) is -3.09. The number of hydrogen-bond acceptors (Lipinski definition) is 3. The maximum absolute atomic E-state index is 12.2. The summed E-state index contributed by atoms with van der Waals surface area (Å²) < 4.78 is 0. The molecule has 2 aliphatic rings. The lowest BCUT2D eigenvalue weighted by Gasteiger charge is -2.40. The molecule has 0 aromatic heterocycles. The Kier molecular flexibility index (Phi) is 4.74. The lowest BCUT2D eigenvalue weighted by atomic mass is 9.85. The number of piperidine rings is 1. The maximum atomic E-state index is 12.2. The lowest BCUT2D eigenvalue weighted by molar-refractivity contribution is -0.151. The van der Waals surface area contributed by atoms with E-state index in [4.69, 9.17) is 0 Å². The Morgan fingerprint density at radius 2 is 1.52 bits per heavy atom. The highest BCUT2D eigenvalue weighted by Crippen LogP contribution is 2.52. The molecule has 1 unspecified atom stereocenters. The summed E-state index contributed by atoms with van der Waals surface area (Å²) in [7, 11) is 0. The Hall–Kier alpha value is -3.60. The van der Waals surface area contributed by atoms with Gasteiger partial charge in [-0.1, -0.05) is 66.7 Å². The van der Waals surface area contributed by atoms with Gasteiger partial charge in [-0.25, -0.2) is 4.79 Å². The van der Waals surface area contributed by atoms with Gasteiger partial charge >= 0.3 is 11.9 Å². The molecule has 1 heterocycles. The molecule has 0 radical (unpaired) electrons. The zero-order valence-corrected chi connectivity index (χ0v) is 16.9. The van der Waals surface area contributed by atoms with E-state index in [1.54, 1.807) is 0 Å². The highest BCUT2D eigenvalue weighted by Gasteiger charge is 2.43. The van der Waals surface area contributed by atoms with Gasteiger partial charge in [0.05, 0.1) is 5.92 Å². The average molecular weight is 413 g/mol. The topological polar surface area (TPSA) is 77.8 Å².